The lowest BCUT2D eigenvalue weighted by molar-refractivity contribution is -0.133. The van der Waals surface area contributed by atoms with Gasteiger partial charge in [0.2, 0.25) is 5.91 Å². The second-order valence-electron chi connectivity index (χ2n) is 6.60. The Morgan fingerprint density at radius 1 is 1.38 bits per heavy atom. The van der Waals surface area contributed by atoms with Crippen molar-refractivity contribution in [3.05, 3.63) is 32.1 Å². The Hall–Kier alpha value is -2.41. The van der Waals surface area contributed by atoms with E-state index in [4.69, 9.17) is 0 Å². The highest BCUT2D eigenvalue weighted by atomic mass is 32.2. The van der Waals surface area contributed by atoms with Crippen LogP contribution < -0.4 is 11.2 Å². The van der Waals surface area contributed by atoms with E-state index >= 15 is 0 Å². The van der Waals surface area contributed by atoms with Crippen LogP contribution in [0.25, 0.3) is 0 Å². The molecule has 1 fully saturated rings. The van der Waals surface area contributed by atoms with Gasteiger partial charge in [0.15, 0.2) is 9.84 Å². The lowest BCUT2D eigenvalue weighted by atomic mass is 10.2. The molecule has 1 saturated heterocycles. The smallest absolute Gasteiger partial charge is 0.331 e. The van der Waals surface area contributed by atoms with E-state index in [0.29, 0.717) is 31.5 Å². The fourth-order valence-corrected chi connectivity index (χ4v) is 5.50. The van der Waals surface area contributed by atoms with Crippen LogP contribution in [0, 0.1) is 11.3 Å². The molecule has 140 valence electrons. The quantitative estimate of drug-likeness (QED) is 0.651. The Bertz CT molecular complexity index is 1010. The summed E-state index contributed by atoms with van der Waals surface area (Å²) in [5.74, 6) is -0.563. The van der Waals surface area contributed by atoms with Gasteiger partial charge < -0.3 is 4.90 Å². The number of carbonyl (C=O) groups excluding carboxylic acids is 1. The zero-order chi connectivity index (χ0) is 19.1. The third kappa shape index (κ3) is 3.07. The Morgan fingerprint density at radius 3 is 2.69 bits per heavy atom. The van der Waals surface area contributed by atoms with Crippen LogP contribution in [-0.4, -0.2) is 52.5 Å². The normalized spacial score (nSPS) is 20.5. The van der Waals surface area contributed by atoms with Crippen molar-refractivity contribution in [1.29, 1.82) is 5.26 Å². The second kappa shape index (κ2) is 6.72. The maximum atomic E-state index is 12.7. The molecule has 1 amide bonds. The predicted octanol–water partition coefficient (Wildman–Crippen LogP) is -1.14. The Morgan fingerprint density at radius 2 is 2.12 bits per heavy atom. The molecule has 0 bridgehead atoms. The summed E-state index contributed by atoms with van der Waals surface area (Å²) in [4.78, 5) is 39.2. The van der Waals surface area contributed by atoms with Crippen molar-refractivity contribution >= 4 is 15.7 Å². The molecule has 2 aliphatic heterocycles. The summed E-state index contributed by atoms with van der Waals surface area (Å²) in [5, 5.41) is 9.28. The van der Waals surface area contributed by atoms with E-state index in [0.717, 1.165) is 4.57 Å². The summed E-state index contributed by atoms with van der Waals surface area (Å²) in [6, 6.07) is 1.40. The lowest BCUT2D eigenvalue weighted by Crippen LogP contribution is -2.48. The lowest BCUT2D eigenvalue weighted by Gasteiger charge is -2.27. The van der Waals surface area contributed by atoms with E-state index in [1.54, 1.807) is 6.92 Å². The van der Waals surface area contributed by atoms with Gasteiger partial charge in [-0.25, -0.2) is 17.8 Å². The molecule has 1 unspecified atom stereocenters. The number of hydrogen-bond acceptors (Lipinski definition) is 6. The summed E-state index contributed by atoms with van der Waals surface area (Å²) in [5.41, 5.74) is -1.01. The van der Waals surface area contributed by atoms with Crippen molar-refractivity contribution in [3.8, 4) is 6.07 Å². The van der Waals surface area contributed by atoms with Crippen molar-refractivity contribution in [2.45, 2.75) is 45.3 Å². The fraction of sp³-hybridized carbons (Fsp3) is 0.625. The standard InChI is InChI=1S/C16H20N4O5S/c1-2-18(11-5-7-26(24,25)10-11)14(21)9-20-15(22)12(8-17)13-4-3-6-19(13)16(20)23/h11H,2-7,9-10H2,1H3. The maximum Gasteiger partial charge on any atom is 0.331 e. The molecule has 0 radical (unpaired) electrons. The van der Waals surface area contributed by atoms with Crippen LogP contribution in [-0.2, 0) is 34.1 Å². The molecule has 10 heteroatoms. The molecule has 9 nitrogen and oxygen atoms in total. The highest BCUT2D eigenvalue weighted by molar-refractivity contribution is 7.91. The van der Waals surface area contributed by atoms with E-state index in [-0.39, 0.29) is 23.6 Å². The third-order valence-electron chi connectivity index (χ3n) is 5.05. The number of rotatable bonds is 4. The molecule has 0 spiro atoms. The zero-order valence-corrected chi connectivity index (χ0v) is 15.3. The molecule has 26 heavy (non-hydrogen) atoms. The highest BCUT2D eigenvalue weighted by Crippen LogP contribution is 2.18. The molecule has 0 N–H and O–H groups in total. The van der Waals surface area contributed by atoms with Crippen LogP contribution in [0.4, 0.5) is 0 Å². The molecule has 1 atom stereocenters. The molecule has 3 heterocycles. The molecular formula is C16H20N4O5S. The van der Waals surface area contributed by atoms with E-state index in [1.165, 1.54) is 9.47 Å². The van der Waals surface area contributed by atoms with E-state index in [2.05, 4.69) is 0 Å². The van der Waals surface area contributed by atoms with Gasteiger partial charge in [0.1, 0.15) is 18.2 Å². The number of nitriles is 1. The van der Waals surface area contributed by atoms with Gasteiger partial charge in [0.25, 0.3) is 5.56 Å². The first-order valence-electron chi connectivity index (χ1n) is 8.55. The topological polar surface area (TPSA) is 122 Å². The molecular weight excluding hydrogens is 360 g/mol. The summed E-state index contributed by atoms with van der Waals surface area (Å²) in [6.07, 6.45) is 1.51. The number of nitrogens with zero attached hydrogens (tertiary/aromatic N) is 4. The minimum Gasteiger partial charge on any atom is -0.337 e. The highest BCUT2D eigenvalue weighted by Gasteiger charge is 2.34. The molecule has 2 aliphatic rings. The first-order chi connectivity index (χ1) is 12.3. The van der Waals surface area contributed by atoms with Gasteiger partial charge in [0.05, 0.1) is 11.5 Å². The minimum atomic E-state index is -3.16. The first kappa shape index (κ1) is 18.4. The number of aromatic nitrogens is 2. The van der Waals surface area contributed by atoms with Crippen LogP contribution >= 0.6 is 0 Å². The van der Waals surface area contributed by atoms with Crippen LogP contribution in [0.2, 0.25) is 0 Å². The van der Waals surface area contributed by atoms with Crippen LogP contribution in [0.3, 0.4) is 0 Å². The van der Waals surface area contributed by atoms with Gasteiger partial charge in [-0.2, -0.15) is 5.26 Å². The summed E-state index contributed by atoms with van der Waals surface area (Å²) < 4.78 is 25.5. The Labute approximate surface area is 150 Å². The average Bonchev–Trinajstić information content (AvgIpc) is 3.19. The van der Waals surface area contributed by atoms with Gasteiger partial charge in [-0.15, -0.1) is 0 Å². The van der Waals surface area contributed by atoms with Gasteiger partial charge in [-0.1, -0.05) is 0 Å². The minimum absolute atomic E-state index is 0.0292. The fourth-order valence-electron chi connectivity index (χ4n) is 3.77. The number of fused-ring (bicyclic) bond motifs is 1. The van der Waals surface area contributed by atoms with Crippen LogP contribution in [0.1, 0.15) is 31.0 Å². The number of sulfone groups is 1. The van der Waals surface area contributed by atoms with Gasteiger partial charge in [-0.3, -0.25) is 14.2 Å². The largest absolute Gasteiger partial charge is 0.337 e. The third-order valence-corrected chi connectivity index (χ3v) is 6.80. The number of carbonyl (C=O) groups is 1. The first-order valence-corrected chi connectivity index (χ1v) is 10.4. The Kier molecular flexibility index (Phi) is 4.75. The summed E-state index contributed by atoms with van der Waals surface area (Å²) >= 11 is 0. The van der Waals surface area contributed by atoms with E-state index in [9.17, 15) is 28.1 Å². The van der Waals surface area contributed by atoms with E-state index < -0.39 is 39.6 Å². The number of hydrogen-bond donors (Lipinski definition) is 0. The summed E-state index contributed by atoms with van der Waals surface area (Å²) in [7, 11) is -3.16. The van der Waals surface area contributed by atoms with Crippen LogP contribution in [0.5, 0.6) is 0 Å². The van der Waals surface area contributed by atoms with E-state index in [1.807, 2.05) is 6.07 Å². The molecule has 1 aromatic rings. The van der Waals surface area contributed by atoms with Gasteiger partial charge >= 0.3 is 5.69 Å². The molecule has 1 aromatic heterocycles. The van der Waals surface area contributed by atoms with Crippen molar-refractivity contribution in [2.24, 2.45) is 0 Å². The number of likely N-dealkylation sites (N-methyl/N-ethyl adjacent to an activating group) is 1. The number of amides is 1. The molecule has 0 saturated carbocycles. The van der Waals surface area contributed by atoms with Gasteiger partial charge in [0, 0.05) is 24.8 Å². The van der Waals surface area contributed by atoms with Crippen molar-refractivity contribution < 1.29 is 13.2 Å². The van der Waals surface area contributed by atoms with Crippen molar-refractivity contribution in [1.82, 2.24) is 14.0 Å². The maximum absolute atomic E-state index is 12.7. The zero-order valence-electron chi connectivity index (χ0n) is 14.5. The monoisotopic (exact) mass is 380 g/mol. The molecule has 0 aromatic carbocycles. The Balaban J connectivity index is 1.94. The predicted molar refractivity (Wildman–Crippen MR) is 92.4 cm³/mol. The SMILES string of the molecule is CCN(C(=O)Cn1c(=O)c(C#N)c2n(c1=O)CCC2)C1CCS(=O)(=O)C1. The van der Waals surface area contributed by atoms with Gasteiger partial charge in [-0.05, 0) is 26.2 Å². The average molecular weight is 380 g/mol. The second-order valence-corrected chi connectivity index (χ2v) is 8.83. The van der Waals surface area contributed by atoms with Crippen LogP contribution in [0.15, 0.2) is 9.59 Å². The van der Waals surface area contributed by atoms with Crippen molar-refractivity contribution in [2.75, 3.05) is 18.1 Å². The van der Waals surface area contributed by atoms with Crippen molar-refractivity contribution in [3.63, 3.8) is 0 Å². The summed E-state index contributed by atoms with van der Waals surface area (Å²) in [6.45, 7) is 1.93. The molecule has 0 aliphatic carbocycles. The molecule has 3 rings (SSSR count).